The fraction of sp³-hybridized carbons (Fsp3) is 0.231. The third-order valence-electron chi connectivity index (χ3n) is 2.42. The van der Waals surface area contributed by atoms with Crippen molar-refractivity contribution >= 4 is 25.7 Å². The van der Waals surface area contributed by atoms with Crippen LogP contribution in [0.5, 0.6) is 0 Å². The Morgan fingerprint density at radius 1 is 1.29 bits per heavy atom. The van der Waals surface area contributed by atoms with Crippen LogP contribution in [0.1, 0.15) is 16.9 Å². The van der Waals surface area contributed by atoms with Gasteiger partial charge in [-0.05, 0) is 0 Å². The van der Waals surface area contributed by atoms with Crippen LogP contribution in [0.4, 0.5) is 0 Å². The predicted octanol–water partition coefficient (Wildman–Crippen LogP) is 1.53. The number of aryl methyl sites for hydroxylation is 1. The molecule has 0 radical (unpaired) electrons. The van der Waals surface area contributed by atoms with Crippen LogP contribution in [0.15, 0.2) is 42.9 Å². The Bertz CT molecular complexity index is 467. The van der Waals surface area contributed by atoms with Crippen molar-refractivity contribution in [1.29, 1.82) is 0 Å². The van der Waals surface area contributed by atoms with Gasteiger partial charge in [-0.3, -0.25) is 0 Å². The number of hydrogen-bond acceptors (Lipinski definition) is 2. The predicted molar refractivity (Wildman–Crippen MR) is 68.9 cm³/mol. The fourth-order valence-electron chi connectivity index (χ4n) is 1.56. The number of benzene rings is 1. The molecule has 0 spiro atoms. The van der Waals surface area contributed by atoms with E-state index in [4.69, 9.17) is 0 Å². The topological polar surface area (TPSA) is 34.9 Å². The third kappa shape index (κ3) is 3.55. The first kappa shape index (κ1) is 12.1. The summed E-state index contributed by atoms with van der Waals surface area (Å²) in [6.07, 6.45) is 5.27. The van der Waals surface area contributed by atoms with Crippen LogP contribution >= 0.6 is 0 Å². The van der Waals surface area contributed by atoms with Gasteiger partial charge < -0.3 is 0 Å². The van der Waals surface area contributed by atoms with Crippen LogP contribution in [0.25, 0.3) is 0 Å². The summed E-state index contributed by atoms with van der Waals surface area (Å²) in [5.41, 5.74) is 0.664. The van der Waals surface area contributed by atoms with E-state index in [1.165, 1.54) is 9.78 Å². The van der Waals surface area contributed by atoms with E-state index in [9.17, 15) is 4.79 Å². The molecule has 1 aromatic carbocycles. The molecule has 0 unspecified atom stereocenters. The molecule has 3 nitrogen and oxygen atoms in total. The van der Waals surface area contributed by atoms with Gasteiger partial charge in [0.1, 0.15) is 0 Å². The molecule has 1 aromatic heterocycles. The molecule has 0 N–H and O–H groups in total. The Morgan fingerprint density at radius 2 is 2.12 bits per heavy atom. The molecule has 0 amide bonds. The monoisotopic (exact) mass is 294 g/mol. The van der Waals surface area contributed by atoms with Crippen molar-refractivity contribution in [3.8, 4) is 0 Å². The van der Waals surface area contributed by atoms with E-state index >= 15 is 0 Å². The van der Waals surface area contributed by atoms with Crippen LogP contribution in [-0.4, -0.2) is 30.8 Å². The summed E-state index contributed by atoms with van der Waals surface area (Å²) >= 11 is 0.531. The summed E-state index contributed by atoms with van der Waals surface area (Å²) in [5, 5.41) is 1.19. The molecule has 0 saturated heterocycles. The Morgan fingerprint density at radius 3 is 2.88 bits per heavy atom. The van der Waals surface area contributed by atoms with E-state index in [0.717, 1.165) is 19.3 Å². The zero-order valence-corrected chi connectivity index (χ0v) is 11.2. The second-order valence-electron chi connectivity index (χ2n) is 3.64. The van der Waals surface area contributed by atoms with Gasteiger partial charge in [0.2, 0.25) is 0 Å². The van der Waals surface area contributed by atoms with Crippen molar-refractivity contribution in [2.75, 3.05) is 0 Å². The van der Waals surface area contributed by atoms with Crippen LogP contribution in [-0.2, 0) is 6.54 Å². The first-order valence-electron chi connectivity index (χ1n) is 5.53. The van der Waals surface area contributed by atoms with Gasteiger partial charge in [0, 0.05) is 0 Å². The number of imidazole rings is 1. The number of aldehydes is 1. The Balaban J connectivity index is 1.75. The molecule has 4 heteroatoms. The van der Waals surface area contributed by atoms with Crippen molar-refractivity contribution in [3.63, 3.8) is 0 Å². The maximum absolute atomic E-state index is 10.7. The number of aromatic nitrogens is 2. The van der Waals surface area contributed by atoms with Gasteiger partial charge in [-0.25, -0.2) is 0 Å². The van der Waals surface area contributed by atoms with Crippen molar-refractivity contribution in [2.24, 2.45) is 0 Å². The van der Waals surface area contributed by atoms with Gasteiger partial charge in [0.05, 0.1) is 0 Å². The molecule has 0 bridgehead atoms. The average Bonchev–Trinajstić information content (AvgIpc) is 2.83. The molecule has 0 aliphatic heterocycles. The van der Waals surface area contributed by atoms with Gasteiger partial charge >= 0.3 is 107 Å². The van der Waals surface area contributed by atoms with Crippen LogP contribution < -0.4 is 4.46 Å². The summed E-state index contributed by atoms with van der Waals surface area (Å²) < 4.78 is 3.34. The fourth-order valence-corrected chi connectivity index (χ4v) is 3.36. The third-order valence-corrected chi connectivity index (χ3v) is 4.72. The summed E-state index contributed by atoms with van der Waals surface area (Å²) in [7, 11) is 0. The summed E-state index contributed by atoms with van der Waals surface area (Å²) in [6, 6.07) is 10.6. The van der Waals surface area contributed by atoms with Crippen molar-refractivity contribution in [2.45, 2.75) is 18.3 Å². The summed E-state index contributed by atoms with van der Waals surface area (Å²) in [4.78, 5) is 14.7. The number of carbonyl (C=O) groups excluding carboxylic acids is 1. The number of nitrogens with zero attached hydrogens (tertiary/aromatic N) is 2. The van der Waals surface area contributed by atoms with Crippen LogP contribution in [0.3, 0.4) is 0 Å². The number of carbonyl (C=O) groups is 1. The van der Waals surface area contributed by atoms with E-state index < -0.39 is 0 Å². The normalized spacial score (nSPS) is 10.4. The molecule has 2 rings (SSSR count). The summed E-state index contributed by atoms with van der Waals surface area (Å²) in [5.74, 6) is 0. The molecule has 0 aliphatic carbocycles. The quantitative estimate of drug-likeness (QED) is 0.460. The molecule has 0 fully saturated rings. The first-order valence-corrected chi connectivity index (χ1v) is 7.60. The van der Waals surface area contributed by atoms with Gasteiger partial charge in [-0.2, -0.15) is 0 Å². The zero-order valence-electron chi connectivity index (χ0n) is 9.45. The second kappa shape index (κ2) is 6.38. The molecule has 0 aliphatic rings. The van der Waals surface area contributed by atoms with Gasteiger partial charge in [0.25, 0.3) is 0 Å². The van der Waals surface area contributed by atoms with E-state index in [1.54, 1.807) is 12.5 Å². The first-order chi connectivity index (χ1) is 8.40. The number of hydrogen-bond donors (Lipinski definition) is 0. The zero-order chi connectivity index (χ0) is 11.9. The van der Waals surface area contributed by atoms with E-state index in [1.807, 2.05) is 10.6 Å². The van der Waals surface area contributed by atoms with Gasteiger partial charge in [-0.1, -0.05) is 0 Å². The Hall–Kier alpha value is -1.38. The van der Waals surface area contributed by atoms with Crippen molar-refractivity contribution < 1.29 is 4.79 Å². The minimum absolute atomic E-state index is 0.531. The molecule has 1 heterocycles. The minimum atomic E-state index is 0.531. The van der Waals surface area contributed by atoms with Gasteiger partial charge in [-0.15, -0.1) is 0 Å². The molecule has 2 aromatic rings. The van der Waals surface area contributed by atoms with Crippen LogP contribution in [0, 0.1) is 0 Å². The summed E-state index contributed by atoms with van der Waals surface area (Å²) in [6.45, 7) is 0.878. The Kier molecular flexibility index (Phi) is 4.53. The van der Waals surface area contributed by atoms with Crippen LogP contribution in [0.2, 0.25) is 5.32 Å². The molecule has 17 heavy (non-hydrogen) atoms. The van der Waals surface area contributed by atoms with Crippen molar-refractivity contribution in [1.82, 2.24) is 9.55 Å². The van der Waals surface area contributed by atoms with E-state index in [0.29, 0.717) is 20.7 Å². The van der Waals surface area contributed by atoms with Gasteiger partial charge in [0.15, 0.2) is 0 Å². The molecular weight excluding hydrogens is 279 g/mol. The average molecular weight is 293 g/mol. The molecular formula is C13H14N2OSe. The molecule has 0 atom stereocenters. The standard InChI is InChI=1S/C13H14N2OSe/c16-10-12-9-14-11-15(12)7-4-8-17-13-5-2-1-3-6-13/h1-3,5-6,9-11H,4,7-8H2. The maximum atomic E-state index is 10.7. The second-order valence-corrected chi connectivity index (χ2v) is 6.10. The molecule has 0 saturated carbocycles. The molecule has 88 valence electrons. The van der Waals surface area contributed by atoms with E-state index in [2.05, 4.69) is 29.2 Å². The Labute approximate surface area is 107 Å². The SMILES string of the molecule is O=Cc1cncn1CCC[Se]c1ccccc1. The van der Waals surface area contributed by atoms with E-state index in [-0.39, 0.29) is 0 Å². The number of rotatable bonds is 6. The van der Waals surface area contributed by atoms with Crippen molar-refractivity contribution in [3.05, 3.63) is 48.5 Å².